The Hall–Kier alpha value is -2.34. The molecule has 0 saturated heterocycles. The number of nitrogens with zero attached hydrogens (tertiary/aromatic N) is 1. The number of nitrogens with two attached hydrogens (primary N) is 1. The van der Waals surface area contributed by atoms with Crippen LogP contribution in [0, 0.1) is 0 Å². The average Bonchev–Trinajstić information content (AvgIpc) is 2.91. The van der Waals surface area contributed by atoms with Gasteiger partial charge in [0.25, 0.3) is 5.22 Å². The van der Waals surface area contributed by atoms with Crippen molar-refractivity contribution in [2.75, 3.05) is 12.8 Å². The third-order valence-corrected chi connectivity index (χ3v) is 4.20. The minimum atomic E-state index is -1.34. The fraction of sp³-hybridized carbons (Fsp3) is 0.133. The highest BCUT2D eigenvalue weighted by Gasteiger charge is 2.13. The van der Waals surface area contributed by atoms with Gasteiger partial charge in [0.15, 0.2) is 5.58 Å². The molecule has 0 aliphatic carbocycles. The minimum Gasteiger partial charge on any atom is -0.497 e. The molecule has 5 nitrogen and oxygen atoms in total. The van der Waals surface area contributed by atoms with E-state index in [-0.39, 0.29) is 5.22 Å². The largest absolute Gasteiger partial charge is 0.497 e. The van der Waals surface area contributed by atoms with Gasteiger partial charge in [-0.25, -0.2) is 9.19 Å². The summed E-state index contributed by atoms with van der Waals surface area (Å²) in [6, 6.07) is 12.6. The summed E-state index contributed by atoms with van der Waals surface area (Å²) in [4.78, 5) is 4.24. The second-order valence-electron chi connectivity index (χ2n) is 4.54. The van der Waals surface area contributed by atoms with Gasteiger partial charge in [-0.1, -0.05) is 12.1 Å². The van der Waals surface area contributed by atoms with Gasteiger partial charge in [-0.15, -0.1) is 0 Å². The number of hydrogen-bond donors (Lipinski definition) is 1. The molecule has 0 aliphatic heterocycles. The highest BCUT2D eigenvalue weighted by Crippen LogP contribution is 2.22. The summed E-state index contributed by atoms with van der Waals surface area (Å²) in [6.07, 6.45) is 0. The van der Waals surface area contributed by atoms with E-state index in [1.54, 1.807) is 25.3 Å². The number of methoxy groups -OCH3 is 1. The van der Waals surface area contributed by atoms with E-state index in [0.29, 0.717) is 22.5 Å². The van der Waals surface area contributed by atoms with Crippen molar-refractivity contribution in [1.82, 2.24) is 4.98 Å². The van der Waals surface area contributed by atoms with Gasteiger partial charge in [-0.05, 0) is 29.8 Å². The number of ether oxygens (including phenoxy) is 1. The lowest BCUT2D eigenvalue weighted by Crippen LogP contribution is -1.96. The summed E-state index contributed by atoms with van der Waals surface area (Å²) in [6.45, 7) is 0. The third-order valence-electron chi connectivity index (χ3n) is 3.04. The molecule has 0 bridgehead atoms. The Balaban J connectivity index is 1.82. The number of benzene rings is 2. The lowest BCUT2D eigenvalue weighted by atomic mass is 10.2. The maximum Gasteiger partial charge on any atom is 0.288 e. The van der Waals surface area contributed by atoms with E-state index in [1.807, 2.05) is 24.3 Å². The Morgan fingerprint density at radius 3 is 2.71 bits per heavy atom. The fourth-order valence-electron chi connectivity index (χ4n) is 1.95. The van der Waals surface area contributed by atoms with Gasteiger partial charge >= 0.3 is 0 Å². The van der Waals surface area contributed by atoms with Gasteiger partial charge in [0.2, 0.25) is 0 Å². The Morgan fingerprint density at radius 2 is 2.00 bits per heavy atom. The van der Waals surface area contributed by atoms with Gasteiger partial charge < -0.3 is 14.9 Å². The molecule has 3 aromatic rings. The van der Waals surface area contributed by atoms with Crippen molar-refractivity contribution in [3.63, 3.8) is 0 Å². The van der Waals surface area contributed by atoms with E-state index in [4.69, 9.17) is 14.9 Å². The number of fused-ring (bicyclic) bond motifs is 1. The zero-order chi connectivity index (χ0) is 14.8. The molecule has 2 aromatic carbocycles. The van der Waals surface area contributed by atoms with E-state index < -0.39 is 10.8 Å². The predicted molar refractivity (Wildman–Crippen MR) is 81.5 cm³/mol. The van der Waals surface area contributed by atoms with Crippen LogP contribution in [0.5, 0.6) is 5.75 Å². The number of oxazole rings is 1. The van der Waals surface area contributed by atoms with Crippen LogP contribution in [0.4, 0.5) is 5.69 Å². The first kappa shape index (κ1) is 13.6. The van der Waals surface area contributed by atoms with Gasteiger partial charge in [0.05, 0.1) is 12.9 Å². The van der Waals surface area contributed by atoms with Crippen LogP contribution < -0.4 is 10.5 Å². The van der Waals surface area contributed by atoms with Crippen molar-refractivity contribution >= 4 is 27.6 Å². The van der Waals surface area contributed by atoms with Gasteiger partial charge in [0.1, 0.15) is 22.1 Å². The van der Waals surface area contributed by atoms with E-state index in [1.165, 1.54) is 0 Å². The van der Waals surface area contributed by atoms with Crippen LogP contribution in [0.1, 0.15) is 5.56 Å². The van der Waals surface area contributed by atoms with Gasteiger partial charge in [-0.3, -0.25) is 0 Å². The van der Waals surface area contributed by atoms with Crippen LogP contribution in [0.2, 0.25) is 0 Å². The summed E-state index contributed by atoms with van der Waals surface area (Å²) in [5.41, 5.74) is 8.40. The van der Waals surface area contributed by atoms with Crippen molar-refractivity contribution in [1.29, 1.82) is 0 Å². The molecule has 0 aliphatic rings. The quantitative estimate of drug-likeness (QED) is 0.750. The Morgan fingerprint density at radius 1 is 1.24 bits per heavy atom. The number of rotatable bonds is 4. The highest BCUT2D eigenvalue weighted by molar-refractivity contribution is 7.84. The molecule has 108 valence electrons. The van der Waals surface area contributed by atoms with Crippen LogP contribution in [-0.4, -0.2) is 16.3 Å². The van der Waals surface area contributed by atoms with E-state index in [9.17, 15) is 4.21 Å². The normalized spacial score (nSPS) is 12.4. The minimum absolute atomic E-state index is 0.214. The molecule has 1 heterocycles. The topological polar surface area (TPSA) is 78.3 Å². The fourth-order valence-corrected chi connectivity index (χ4v) is 2.95. The maximum atomic E-state index is 12.3. The van der Waals surface area contributed by atoms with E-state index >= 15 is 0 Å². The summed E-state index contributed by atoms with van der Waals surface area (Å²) >= 11 is 0. The lowest BCUT2D eigenvalue weighted by Gasteiger charge is -2.01. The van der Waals surface area contributed by atoms with Gasteiger partial charge in [0, 0.05) is 11.8 Å². The van der Waals surface area contributed by atoms with Crippen LogP contribution in [0.25, 0.3) is 11.1 Å². The molecule has 6 heteroatoms. The molecule has 0 radical (unpaired) electrons. The van der Waals surface area contributed by atoms with Crippen molar-refractivity contribution in [2.45, 2.75) is 11.0 Å². The average molecular weight is 302 g/mol. The molecule has 2 N–H and O–H groups in total. The molecule has 0 spiro atoms. The van der Waals surface area contributed by atoms with Crippen molar-refractivity contribution in [2.24, 2.45) is 0 Å². The van der Waals surface area contributed by atoms with E-state index in [2.05, 4.69) is 4.98 Å². The van der Waals surface area contributed by atoms with Crippen molar-refractivity contribution in [3.8, 4) is 5.75 Å². The number of nitrogen functional groups attached to an aromatic ring is 1. The standard InChI is InChI=1S/C15H14N2O3S/c1-19-12-5-2-10(3-6-12)9-21(18)15-17-13-7-4-11(16)8-14(13)20-15/h2-8H,9,16H2,1H3. The molecule has 21 heavy (non-hydrogen) atoms. The molecule has 0 amide bonds. The maximum absolute atomic E-state index is 12.3. The highest BCUT2D eigenvalue weighted by atomic mass is 32.2. The number of anilines is 1. The van der Waals surface area contributed by atoms with Crippen LogP contribution in [0.15, 0.2) is 52.1 Å². The third kappa shape index (κ3) is 2.90. The lowest BCUT2D eigenvalue weighted by molar-refractivity contribution is 0.414. The summed E-state index contributed by atoms with van der Waals surface area (Å²) < 4.78 is 22.9. The van der Waals surface area contributed by atoms with Crippen LogP contribution in [-0.2, 0) is 16.6 Å². The molecular weight excluding hydrogens is 288 g/mol. The first-order chi connectivity index (χ1) is 10.2. The first-order valence-corrected chi connectivity index (χ1v) is 7.65. The molecule has 1 atom stereocenters. The summed E-state index contributed by atoms with van der Waals surface area (Å²) in [5.74, 6) is 1.11. The Bertz CT molecular complexity index is 796. The molecule has 1 aromatic heterocycles. The van der Waals surface area contributed by atoms with Gasteiger partial charge in [-0.2, -0.15) is 0 Å². The second-order valence-corrected chi connectivity index (χ2v) is 5.87. The van der Waals surface area contributed by atoms with Crippen LogP contribution >= 0.6 is 0 Å². The molecular formula is C15H14N2O3S. The Labute approximate surface area is 124 Å². The van der Waals surface area contributed by atoms with E-state index in [0.717, 1.165) is 11.3 Å². The Kier molecular flexibility index (Phi) is 3.62. The van der Waals surface area contributed by atoms with Crippen LogP contribution in [0.3, 0.4) is 0 Å². The molecule has 0 fully saturated rings. The number of aromatic nitrogens is 1. The second kappa shape index (κ2) is 5.57. The predicted octanol–water partition coefficient (Wildman–Crippen LogP) is 2.73. The molecule has 1 unspecified atom stereocenters. The van der Waals surface area contributed by atoms with Crippen molar-refractivity contribution in [3.05, 3.63) is 48.0 Å². The zero-order valence-corrected chi connectivity index (χ0v) is 12.2. The number of hydrogen-bond acceptors (Lipinski definition) is 5. The SMILES string of the molecule is COc1ccc(CS(=O)c2nc3ccc(N)cc3o2)cc1. The summed E-state index contributed by atoms with van der Waals surface area (Å²) in [5, 5.41) is 0.214. The summed E-state index contributed by atoms with van der Waals surface area (Å²) in [7, 11) is 0.267. The molecule has 0 saturated carbocycles. The molecule has 3 rings (SSSR count). The van der Waals surface area contributed by atoms with Crippen molar-refractivity contribution < 1.29 is 13.4 Å². The monoisotopic (exact) mass is 302 g/mol. The zero-order valence-electron chi connectivity index (χ0n) is 11.4. The smallest absolute Gasteiger partial charge is 0.288 e. The first-order valence-electron chi connectivity index (χ1n) is 6.33.